The molecule has 0 bridgehead atoms. The molecular formula is C26H34N2O8. The summed E-state index contributed by atoms with van der Waals surface area (Å²) in [4.78, 5) is 46.6. The predicted molar refractivity (Wildman–Crippen MR) is 124 cm³/mol. The van der Waals surface area contributed by atoms with Gasteiger partial charge >= 0.3 is 11.9 Å². The average Bonchev–Trinajstić information content (AvgIpc) is 3.47. The normalized spacial score (nSPS) is 31.8. The number of rotatable bonds is 3. The van der Waals surface area contributed by atoms with Crippen molar-refractivity contribution in [1.29, 1.82) is 0 Å². The molecule has 2 N–H and O–H groups in total. The Labute approximate surface area is 209 Å². The first kappa shape index (κ1) is 25.9. The van der Waals surface area contributed by atoms with Crippen LogP contribution in [0.5, 0.6) is 0 Å². The van der Waals surface area contributed by atoms with Crippen molar-refractivity contribution in [3.05, 3.63) is 35.8 Å². The van der Waals surface area contributed by atoms with Crippen LogP contribution in [0.3, 0.4) is 0 Å². The monoisotopic (exact) mass is 502 g/mol. The van der Waals surface area contributed by atoms with Gasteiger partial charge in [0.1, 0.15) is 12.0 Å². The lowest BCUT2D eigenvalue weighted by Gasteiger charge is -2.46. The fourth-order valence-electron chi connectivity index (χ4n) is 6.38. The van der Waals surface area contributed by atoms with Crippen LogP contribution in [0.1, 0.15) is 50.1 Å². The van der Waals surface area contributed by atoms with Gasteiger partial charge in [-0.3, -0.25) is 9.59 Å². The first-order chi connectivity index (χ1) is 17.1. The summed E-state index contributed by atoms with van der Waals surface area (Å²) >= 11 is 0. The molecule has 0 radical (unpaired) electrons. The number of aliphatic carboxylic acids is 2. The highest BCUT2D eigenvalue weighted by atomic mass is 16.6. The second-order valence-corrected chi connectivity index (χ2v) is 10.7. The quantitative estimate of drug-likeness (QED) is 0.328. The Balaban J connectivity index is 0.000000455. The summed E-state index contributed by atoms with van der Waals surface area (Å²) < 4.78 is 11.2. The van der Waals surface area contributed by atoms with Crippen LogP contribution in [0.25, 0.3) is 0 Å². The van der Waals surface area contributed by atoms with E-state index < -0.39 is 11.9 Å². The molecule has 5 atom stereocenters. The second-order valence-electron chi connectivity index (χ2n) is 10.7. The molecule has 2 saturated heterocycles. The van der Waals surface area contributed by atoms with Gasteiger partial charge in [-0.1, -0.05) is 31.9 Å². The Morgan fingerprint density at radius 2 is 1.97 bits per heavy atom. The number of carbonyl (C=O) groups excluding carboxylic acids is 3. The van der Waals surface area contributed by atoms with Crippen LogP contribution in [0.15, 0.2) is 34.5 Å². The molecule has 196 valence electrons. The second kappa shape index (κ2) is 10.5. The molecule has 0 aromatic carbocycles. The van der Waals surface area contributed by atoms with Gasteiger partial charge in [-0.05, 0) is 42.7 Å². The van der Waals surface area contributed by atoms with E-state index in [1.54, 1.807) is 17.7 Å². The lowest BCUT2D eigenvalue weighted by Crippen LogP contribution is -3.15. The van der Waals surface area contributed by atoms with Crippen LogP contribution in [0.4, 0.5) is 0 Å². The van der Waals surface area contributed by atoms with E-state index in [9.17, 15) is 9.59 Å². The van der Waals surface area contributed by atoms with Gasteiger partial charge in [-0.2, -0.15) is 0 Å². The Hall–Kier alpha value is -3.14. The zero-order valence-corrected chi connectivity index (χ0v) is 20.7. The number of hydrogen-bond donors (Lipinski definition) is 2. The molecule has 1 aromatic rings. The summed E-state index contributed by atoms with van der Waals surface area (Å²) in [5.74, 6) is -2.88. The van der Waals surface area contributed by atoms with Crippen molar-refractivity contribution < 1.29 is 43.4 Å². The molecule has 1 amide bonds. The van der Waals surface area contributed by atoms with E-state index in [4.69, 9.17) is 29.0 Å². The largest absolute Gasteiger partial charge is 0.539 e. The van der Waals surface area contributed by atoms with E-state index in [1.165, 1.54) is 30.4 Å². The number of carboxylic acids is 2. The summed E-state index contributed by atoms with van der Waals surface area (Å²) in [6.45, 7) is 8.62. The van der Waals surface area contributed by atoms with Gasteiger partial charge in [0.15, 0.2) is 11.7 Å². The molecule has 0 spiro atoms. The fraction of sp³-hybridized carbons (Fsp3) is 0.615. The predicted octanol–water partition coefficient (Wildman–Crippen LogP) is -0.245. The van der Waals surface area contributed by atoms with Crippen molar-refractivity contribution in [3.8, 4) is 0 Å². The van der Waals surface area contributed by atoms with Gasteiger partial charge in [-0.25, -0.2) is 4.79 Å². The third-order valence-electron chi connectivity index (χ3n) is 8.25. The smallest absolute Gasteiger partial charge is 0.351 e. The van der Waals surface area contributed by atoms with Gasteiger partial charge in [0.05, 0.1) is 39.0 Å². The highest BCUT2D eigenvalue weighted by Crippen LogP contribution is 2.53. The van der Waals surface area contributed by atoms with Gasteiger partial charge in [-0.15, -0.1) is 0 Å². The number of piperazine rings is 1. The zero-order chi connectivity index (χ0) is 26.0. The molecular weight excluding hydrogens is 468 g/mol. The minimum absolute atomic E-state index is 0.0154. The number of quaternary nitrogens is 1. The van der Waals surface area contributed by atoms with E-state index in [-0.39, 0.29) is 35.2 Å². The Morgan fingerprint density at radius 3 is 2.58 bits per heavy atom. The molecule has 3 heterocycles. The van der Waals surface area contributed by atoms with Crippen molar-refractivity contribution in [2.75, 3.05) is 32.7 Å². The van der Waals surface area contributed by atoms with E-state index in [1.807, 2.05) is 4.90 Å². The SMILES string of the molecule is CC1CCCC2(C)CC3OC(=O)C(C[NH+]4CCN(C(=O)c5ccco5)CC4)C3C=C12.O=C([O-])C(=O)O. The fourth-order valence-corrected chi connectivity index (χ4v) is 6.38. The van der Waals surface area contributed by atoms with E-state index in [0.717, 1.165) is 26.1 Å². The Kier molecular flexibility index (Phi) is 7.54. The standard InChI is InChI=1S/C24H32N2O4.C2H2O4/c1-16-5-3-7-24(2)14-21-17(13-19(16)24)18(23(28)30-21)15-25-8-10-26(11-9-25)22(27)20-6-4-12-29-20;3-1(4)2(5)6/h4,6,12-13,16-18,21H,3,5,7-11,14-15H2,1-2H3;(H,3,4)(H,5,6). The van der Waals surface area contributed by atoms with Gasteiger partial charge < -0.3 is 34.0 Å². The van der Waals surface area contributed by atoms with Crippen LogP contribution in [-0.2, 0) is 19.1 Å². The summed E-state index contributed by atoms with van der Waals surface area (Å²) in [5, 5.41) is 16.3. The number of ether oxygens (including phenoxy) is 1. The lowest BCUT2D eigenvalue weighted by molar-refractivity contribution is -0.906. The number of carboxylic acid groups (broad SMARTS) is 2. The third kappa shape index (κ3) is 5.33. The van der Waals surface area contributed by atoms with Crippen LogP contribution < -0.4 is 10.0 Å². The lowest BCUT2D eigenvalue weighted by atomic mass is 9.59. The van der Waals surface area contributed by atoms with Gasteiger partial charge in [0.25, 0.3) is 5.91 Å². The number of nitrogens with zero attached hydrogens (tertiary/aromatic N) is 1. The van der Waals surface area contributed by atoms with Crippen LogP contribution in [0, 0.1) is 23.2 Å². The van der Waals surface area contributed by atoms with Crippen molar-refractivity contribution in [1.82, 2.24) is 4.90 Å². The number of hydrogen-bond acceptors (Lipinski definition) is 7. The molecule has 1 saturated carbocycles. The number of fused-ring (bicyclic) bond motifs is 2. The van der Waals surface area contributed by atoms with Gasteiger partial charge in [0, 0.05) is 5.92 Å². The molecule has 10 nitrogen and oxygen atoms in total. The van der Waals surface area contributed by atoms with Crippen molar-refractivity contribution >= 4 is 23.8 Å². The molecule has 3 fully saturated rings. The number of amides is 1. The Morgan fingerprint density at radius 1 is 1.28 bits per heavy atom. The first-order valence-electron chi connectivity index (χ1n) is 12.6. The van der Waals surface area contributed by atoms with Crippen molar-refractivity contribution in [2.24, 2.45) is 23.2 Å². The maximum absolute atomic E-state index is 12.8. The summed E-state index contributed by atoms with van der Waals surface area (Å²) in [6.07, 6.45) is 8.74. The molecule has 36 heavy (non-hydrogen) atoms. The number of allylic oxidation sites excluding steroid dienone is 1. The van der Waals surface area contributed by atoms with Crippen LogP contribution in [-0.4, -0.2) is 72.6 Å². The number of esters is 1. The minimum atomic E-state index is -2.07. The molecule has 2 aliphatic heterocycles. The Bertz CT molecular complexity index is 1010. The van der Waals surface area contributed by atoms with Crippen LogP contribution in [0.2, 0.25) is 0 Å². The zero-order valence-electron chi connectivity index (χ0n) is 20.7. The average molecular weight is 503 g/mol. The highest BCUT2D eigenvalue weighted by Gasteiger charge is 2.52. The maximum atomic E-state index is 12.8. The van der Waals surface area contributed by atoms with Crippen LogP contribution >= 0.6 is 0 Å². The molecule has 5 rings (SSSR count). The molecule has 4 aliphatic rings. The van der Waals surface area contributed by atoms with Gasteiger partial charge in [0.2, 0.25) is 0 Å². The molecule has 2 aliphatic carbocycles. The molecule has 1 aromatic heterocycles. The number of nitrogens with one attached hydrogen (secondary N) is 1. The maximum Gasteiger partial charge on any atom is 0.351 e. The molecule has 5 unspecified atom stereocenters. The van der Waals surface area contributed by atoms with E-state index in [0.29, 0.717) is 24.8 Å². The summed E-state index contributed by atoms with van der Waals surface area (Å²) in [7, 11) is 0. The highest BCUT2D eigenvalue weighted by molar-refractivity contribution is 6.26. The topological polar surface area (TPSA) is 142 Å². The molecule has 10 heteroatoms. The summed E-state index contributed by atoms with van der Waals surface area (Å²) in [6, 6.07) is 3.46. The minimum Gasteiger partial charge on any atom is -0.539 e. The number of furan rings is 1. The third-order valence-corrected chi connectivity index (χ3v) is 8.25. The summed E-state index contributed by atoms with van der Waals surface area (Å²) in [5.41, 5.74) is 1.78. The van der Waals surface area contributed by atoms with E-state index >= 15 is 0 Å². The van der Waals surface area contributed by atoms with Crippen molar-refractivity contribution in [3.63, 3.8) is 0 Å². The van der Waals surface area contributed by atoms with Crippen molar-refractivity contribution in [2.45, 2.75) is 45.6 Å². The number of carbonyl (C=O) groups is 4. The van der Waals surface area contributed by atoms with E-state index in [2.05, 4.69) is 19.9 Å². The first-order valence-corrected chi connectivity index (χ1v) is 12.6.